The molecule has 3 aliphatic rings. The van der Waals surface area contributed by atoms with Gasteiger partial charge < -0.3 is 19.4 Å². The van der Waals surface area contributed by atoms with Gasteiger partial charge in [-0.2, -0.15) is 0 Å². The number of fused-ring (bicyclic) bond motifs is 1. The lowest BCUT2D eigenvalue weighted by molar-refractivity contribution is -0.138. The molecule has 4 rings (SSSR count). The molecule has 0 aliphatic carbocycles. The Hall–Kier alpha value is -2.08. The maximum atomic E-state index is 13.5. The number of carbonyl (C=O) groups excluding carboxylic acids is 2. The van der Waals surface area contributed by atoms with Crippen molar-refractivity contribution < 1.29 is 14.3 Å². The Morgan fingerprint density at radius 1 is 1.17 bits per heavy atom. The second-order valence-corrected chi connectivity index (χ2v) is 9.68. The highest BCUT2D eigenvalue weighted by Crippen LogP contribution is 2.36. The molecular formula is C24H35N3O3. The number of piperidine rings is 2. The second-order valence-electron chi connectivity index (χ2n) is 9.68. The van der Waals surface area contributed by atoms with Crippen molar-refractivity contribution in [2.75, 3.05) is 33.2 Å². The fraction of sp³-hybridized carbons (Fsp3) is 0.667. The van der Waals surface area contributed by atoms with Crippen LogP contribution in [0.25, 0.3) is 0 Å². The van der Waals surface area contributed by atoms with Gasteiger partial charge in [-0.1, -0.05) is 11.6 Å². The first-order chi connectivity index (χ1) is 14.3. The Morgan fingerprint density at radius 3 is 2.50 bits per heavy atom. The molecule has 164 valence electrons. The number of rotatable bonds is 2. The molecule has 0 saturated carbocycles. The number of carbonyl (C=O) groups is 2. The Balaban J connectivity index is 1.63. The van der Waals surface area contributed by atoms with E-state index in [9.17, 15) is 9.59 Å². The maximum Gasteiger partial charge on any atom is 0.258 e. The smallest absolute Gasteiger partial charge is 0.258 e. The number of amides is 2. The van der Waals surface area contributed by atoms with Crippen LogP contribution in [-0.4, -0.2) is 77.4 Å². The summed E-state index contributed by atoms with van der Waals surface area (Å²) in [6.07, 6.45) is 4.93. The number of nitrogens with zero attached hydrogens (tertiary/aromatic N) is 3. The van der Waals surface area contributed by atoms with Crippen molar-refractivity contribution in [3.63, 3.8) is 0 Å². The van der Waals surface area contributed by atoms with Gasteiger partial charge >= 0.3 is 0 Å². The Kier molecular flexibility index (Phi) is 5.80. The summed E-state index contributed by atoms with van der Waals surface area (Å²) in [4.78, 5) is 32.9. The fourth-order valence-electron chi connectivity index (χ4n) is 5.33. The predicted molar refractivity (Wildman–Crippen MR) is 117 cm³/mol. The maximum absolute atomic E-state index is 13.5. The summed E-state index contributed by atoms with van der Waals surface area (Å²) in [5, 5.41) is 0. The highest BCUT2D eigenvalue weighted by molar-refractivity contribution is 5.99. The average molecular weight is 414 g/mol. The largest absolute Gasteiger partial charge is 0.484 e. The van der Waals surface area contributed by atoms with Crippen LogP contribution < -0.4 is 4.74 Å². The van der Waals surface area contributed by atoms with Crippen molar-refractivity contribution in [3.8, 4) is 5.75 Å². The molecule has 1 aromatic rings. The average Bonchev–Trinajstić information content (AvgIpc) is 2.80. The van der Waals surface area contributed by atoms with E-state index in [1.807, 2.05) is 30.0 Å². The summed E-state index contributed by atoms with van der Waals surface area (Å²) in [6.45, 7) is 8.68. The lowest BCUT2D eigenvalue weighted by Gasteiger charge is -2.43. The van der Waals surface area contributed by atoms with Crippen molar-refractivity contribution in [1.82, 2.24) is 14.7 Å². The molecule has 2 fully saturated rings. The lowest BCUT2D eigenvalue weighted by atomic mass is 9.90. The van der Waals surface area contributed by atoms with E-state index in [-0.39, 0.29) is 30.4 Å². The van der Waals surface area contributed by atoms with Crippen molar-refractivity contribution in [1.29, 1.82) is 0 Å². The lowest BCUT2D eigenvalue weighted by Crippen LogP contribution is -2.56. The van der Waals surface area contributed by atoms with E-state index < -0.39 is 5.60 Å². The molecule has 0 radical (unpaired) electrons. The molecule has 2 amide bonds. The van der Waals surface area contributed by atoms with Gasteiger partial charge in [0, 0.05) is 38.0 Å². The third kappa shape index (κ3) is 4.07. The predicted octanol–water partition coefficient (Wildman–Crippen LogP) is 3.08. The zero-order chi connectivity index (χ0) is 21.5. The van der Waals surface area contributed by atoms with Crippen LogP contribution in [0.2, 0.25) is 0 Å². The van der Waals surface area contributed by atoms with Gasteiger partial charge in [-0.3, -0.25) is 9.59 Å². The normalized spacial score (nSPS) is 26.9. The SMILES string of the molecule is Cc1ccc2c(c1)C(=O)N(CC(=O)N1[C@H](C)CCC[C@H]1C)CC1(CCN(C)CC1)O2. The van der Waals surface area contributed by atoms with Crippen LogP contribution in [0.4, 0.5) is 0 Å². The molecule has 3 heterocycles. The molecule has 3 aliphatic heterocycles. The van der Waals surface area contributed by atoms with E-state index in [1.54, 1.807) is 4.90 Å². The van der Waals surface area contributed by atoms with Crippen LogP contribution in [0.5, 0.6) is 5.75 Å². The zero-order valence-corrected chi connectivity index (χ0v) is 18.8. The van der Waals surface area contributed by atoms with Crippen LogP contribution in [0.3, 0.4) is 0 Å². The van der Waals surface area contributed by atoms with Crippen molar-refractivity contribution >= 4 is 11.8 Å². The third-order valence-electron chi connectivity index (χ3n) is 7.16. The minimum absolute atomic E-state index is 0.0576. The van der Waals surface area contributed by atoms with Gasteiger partial charge in [0.2, 0.25) is 5.91 Å². The van der Waals surface area contributed by atoms with Gasteiger partial charge in [0.1, 0.15) is 17.9 Å². The van der Waals surface area contributed by atoms with Crippen molar-refractivity contribution in [2.24, 2.45) is 0 Å². The summed E-state index contributed by atoms with van der Waals surface area (Å²) < 4.78 is 6.54. The van der Waals surface area contributed by atoms with Gasteiger partial charge in [0.05, 0.1) is 12.1 Å². The molecule has 0 N–H and O–H groups in total. The van der Waals surface area contributed by atoms with E-state index >= 15 is 0 Å². The highest BCUT2D eigenvalue weighted by Gasteiger charge is 2.43. The summed E-state index contributed by atoms with van der Waals surface area (Å²) >= 11 is 0. The number of hydrogen-bond donors (Lipinski definition) is 0. The van der Waals surface area contributed by atoms with Gasteiger partial charge in [-0.15, -0.1) is 0 Å². The number of aryl methyl sites for hydroxylation is 1. The first-order valence-corrected chi connectivity index (χ1v) is 11.4. The summed E-state index contributed by atoms with van der Waals surface area (Å²) in [5.41, 5.74) is 1.18. The van der Waals surface area contributed by atoms with Gasteiger partial charge in [0.25, 0.3) is 5.91 Å². The van der Waals surface area contributed by atoms with Crippen molar-refractivity contribution in [2.45, 2.75) is 70.6 Å². The molecule has 0 unspecified atom stereocenters. The molecular weight excluding hydrogens is 378 g/mol. The quantitative estimate of drug-likeness (QED) is 0.748. The number of hydrogen-bond acceptors (Lipinski definition) is 4. The van der Waals surface area contributed by atoms with Gasteiger partial charge in [-0.05, 0) is 59.2 Å². The standard InChI is InChI=1S/C24H35N3O3/c1-17-8-9-21-20(14-17)23(29)26(16-24(30-21)10-12-25(4)13-11-24)15-22(28)27-18(2)6-5-7-19(27)3/h8-9,14,18-19H,5-7,10-13,15-16H2,1-4H3/t18-,19-/m1/s1. The first kappa shape index (κ1) is 21.2. The van der Waals surface area contributed by atoms with Crippen LogP contribution >= 0.6 is 0 Å². The first-order valence-electron chi connectivity index (χ1n) is 11.4. The zero-order valence-electron chi connectivity index (χ0n) is 18.8. The minimum Gasteiger partial charge on any atom is -0.484 e. The minimum atomic E-state index is -0.428. The number of likely N-dealkylation sites (tertiary alicyclic amines) is 2. The number of benzene rings is 1. The monoisotopic (exact) mass is 413 g/mol. The van der Waals surface area contributed by atoms with E-state index in [4.69, 9.17) is 4.74 Å². The van der Waals surface area contributed by atoms with Crippen LogP contribution in [0, 0.1) is 6.92 Å². The molecule has 1 aromatic carbocycles. The highest BCUT2D eigenvalue weighted by atomic mass is 16.5. The van der Waals surface area contributed by atoms with E-state index in [0.717, 1.165) is 50.8 Å². The molecule has 30 heavy (non-hydrogen) atoms. The van der Waals surface area contributed by atoms with Crippen LogP contribution in [0.1, 0.15) is 61.9 Å². The van der Waals surface area contributed by atoms with E-state index in [0.29, 0.717) is 17.9 Å². The van der Waals surface area contributed by atoms with Crippen molar-refractivity contribution in [3.05, 3.63) is 29.3 Å². The topological polar surface area (TPSA) is 53.1 Å². The molecule has 6 heteroatoms. The molecule has 2 atom stereocenters. The molecule has 6 nitrogen and oxygen atoms in total. The Labute approximate surface area is 180 Å². The van der Waals surface area contributed by atoms with E-state index in [1.165, 1.54) is 0 Å². The fourth-order valence-corrected chi connectivity index (χ4v) is 5.33. The van der Waals surface area contributed by atoms with Crippen LogP contribution in [-0.2, 0) is 4.79 Å². The molecule has 0 aromatic heterocycles. The molecule has 2 saturated heterocycles. The van der Waals surface area contributed by atoms with E-state index in [2.05, 4.69) is 25.8 Å². The van der Waals surface area contributed by atoms with Gasteiger partial charge in [-0.25, -0.2) is 0 Å². The van der Waals surface area contributed by atoms with Gasteiger partial charge in [0.15, 0.2) is 0 Å². The summed E-state index contributed by atoms with van der Waals surface area (Å²) in [6, 6.07) is 6.27. The summed E-state index contributed by atoms with van der Waals surface area (Å²) in [7, 11) is 2.12. The number of ether oxygens (including phenoxy) is 1. The molecule has 0 bridgehead atoms. The Bertz CT molecular complexity index is 806. The van der Waals surface area contributed by atoms with Crippen LogP contribution in [0.15, 0.2) is 18.2 Å². The second kappa shape index (κ2) is 8.22. The Morgan fingerprint density at radius 2 is 1.83 bits per heavy atom. The third-order valence-corrected chi connectivity index (χ3v) is 7.16. The summed E-state index contributed by atoms with van der Waals surface area (Å²) in [5.74, 6) is 0.627. The molecule has 1 spiro atoms.